The molecule has 0 spiro atoms. The number of hydrogen-bond acceptors (Lipinski definition) is 3. The first-order valence-electron chi connectivity index (χ1n) is 5.26. The standard InChI is InChI=1S/C11H22N2O2S/c1-8(16-6)10(15)13(5)7-9(14)12-11(2,3)4/h8H,7H2,1-6H3,(H,12,14)/t8-/m1/s1. The van der Waals surface area contributed by atoms with Crippen molar-refractivity contribution in [1.29, 1.82) is 0 Å². The summed E-state index contributed by atoms with van der Waals surface area (Å²) < 4.78 is 0. The lowest BCUT2D eigenvalue weighted by Crippen LogP contribution is -2.47. The molecule has 16 heavy (non-hydrogen) atoms. The van der Waals surface area contributed by atoms with Crippen molar-refractivity contribution in [3.8, 4) is 0 Å². The number of likely N-dealkylation sites (N-methyl/N-ethyl adjacent to an activating group) is 1. The van der Waals surface area contributed by atoms with E-state index in [1.165, 1.54) is 16.7 Å². The van der Waals surface area contributed by atoms with Crippen LogP contribution in [0.5, 0.6) is 0 Å². The van der Waals surface area contributed by atoms with Gasteiger partial charge in [-0.05, 0) is 34.0 Å². The SMILES string of the molecule is CS[C@H](C)C(=O)N(C)CC(=O)NC(C)(C)C. The van der Waals surface area contributed by atoms with Gasteiger partial charge in [-0.25, -0.2) is 0 Å². The lowest BCUT2D eigenvalue weighted by molar-refractivity contribution is -0.134. The molecule has 5 heteroatoms. The Morgan fingerprint density at radius 3 is 2.25 bits per heavy atom. The molecule has 1 N–H and O–H groups in total. The van der Waals surface area contributed by atoms with E-state index in [-0.39, 0.29) is 29.1 Å². The topological polar surface area (TPSA) is 49.4 Å². The Hall–Kier alpha value is -0.710. The Labute approximate surface area is 102 Å². The van der Waals surface area contributed by atoms with Crippen LogP contribution in [-0.2, 0) is 9.59 Å². The second-order valence-electron chi connectivity index (χ2n) is 4.87. The number of hydrogen-bond donors (Lipinski definition) is 1. The summed E-state index contributed by atoms with van der Waals surface area (Å²) in [7, 11) is 1.65. The smallest absolute Gasteiger partial charge is 0.240 e. The molecular weight excluding hydrogens is 224 g/mol. The molecule has 0 saturated heterocycles. The molecular formula is C11H22N2O2S. The normalized spacial score (nSPS) is 13.1. The maximum atomic E-state index is 11.7. The Morgan fingerprint density at radius 1 is 1.38 bits per heavy atom. The van der Waals surface area contributed by atoms with Crippen LogP contribution in [0.25, 0.3) is 0 Å². The van der Waals surface area contributed by atoms with E-state index >= 15 is 0 Å². The van der Waals surface area contributed by atoms with Crippen LogP contribution in [0.4, 0.5) is 0 Å². The van der Waals surface area contributed by atoms with Crippen LogP contribution in [0.15, 0.2) is 0 Å². The molecule has 4 nitrogen and oxygen atoms in total. The fourth-order valence-corrected chi connectivity index (χ4v) is 1.54. The van der Waals surface area contributed by atoms with Crippen molar-refractivity contribution in [2.45, 2.75) is 38.5 Å². The van der Waals surface area contributed by atoms with E-state index in [0.29, 0.717) is 0 Å². The second kappa shape index (κ2) is 6.13. The van der Waals surface area contributed by atoms with Gasteiger partial charge in [-0.1, -0.05) is 0 Å². The van der Waals surface area contributed by atoms with Crippen molar-refractivity contribution in [2.24, 2.45) is 0 Å². The second-order valence-corrected chi connectivity index (χ2v) is 6.05. The summed E-state index contributed by atoms with van der Waals surface area (Å²) in [5.41, 5.74) is -0.258. The molecule has 0 aromatic carbocycles. The summed E-state index contributed by atoms with van der Waals surface area (Å²) in [4.78, 5) is 24.7. The van der Waals surface area contributed by atoms with E-state index in [1.54, 1.807) is 7.05 Å². The van der Waals surface area contributed by atoms with Crippen LogP contribution in [0, 0.1) is 0 Å². The van der Waals surface area contributed by atoms with E-state index in [0.717, 1.165) is 0 Å². The Morgan fingerprint density at radius 2 is 1.88 bits per heavy atom. The molecule has 0 saturated carbocycles. The number of carbonyl (C=O) groups excluding carboxylic acids is 2. The number of thioether (sulfide) groups is 1. The van der Waals surface area contributed by atoms with Gasteiger partial charge in [0.05, 0.1) is 11.8 Å². The van der Waals surface area contributed by atoms with Crippen molar-refractivity contribution >= 4 is 23.6 Å². The Kier molecular flexibility index (Phi) is 5.86. The summed E-state index contributed by atoms with van der Waals surface area (Å²) in [6.45, 7) is 7.69. The third-order valence-electron chi connectivity index (χ3n) is 1.97. The highest BCUT2D eigenvalue weighted by molar-refractivity contribution is 7.99. The maximum absolute atomic E-state index is 11.7. The van der Waals surface area contributed by atoms with E-state index in [4.69, 9.17) is 0 Å². The van der Waals surface area contributed by atoms with Crippen LogP contribution >= 0.6 is 11.8 Å². The van der Waals surface area contributed by atoms with Gasteiger partial charge in [0.1, 0.15) is 0 Å². The van der Waals surface area contributed by atoms with Gasteiger partial charge in [-0.3, -0.25) is 9.59 Å². The number of nitrogens with one attached hydrogen (secondary N) is 1. The van der Waals surface area contributed by atoms with Crippen LogP contribution < -0.4 is 5.32 Å². The zero-order chi connectivity index (χ0) is 12.9. The van der Waals surface area contributed by atoms with Gasteiger partial charge in [0.2, 0.25) is 11.8 Å². The first-order valence-corrected chi connectivity index (χ1v) is 6.55. The highest BCUT2D eigenvalue weighted by atomic mass is 32.2. The fourth-order valence-electron chi connectivity index (χ4n) is 1.16. The fraction of sp³-hybridized carbons (Fsp3) is 0.818. The number of amides is 2. The largest absolute Gasteiger partial charge is 0.350 e. The van der Waals surface area contributed by atoms with Crippen LogP contribution in [0.2, 0.25) is 0 Å². The van der Waals surface area contributed by atoms with Gasteiger partial charge < -0.3 is 10.2 Å². The van der Waals surface area contributed by atoms with Gasteiger partial charge >= 0.3 is 0 Å². The molecule has 0 aliphatic heterocycles. The van der Waals surface area contributed by atoms with Crippen molar-refractivity contribution in [1.82, 2.24) is 10.2 Å². The van der Waals surface area contributed by atoms with Crippen molar-refractivity contribution < 1.29 is 9.59 Å². The summed E-state index contributed by atoms with van der Waals surface area (Å²) in [5.74, 6) is -0.145. The number of carbonyl (C=O) groups is 2. The van der Waals surface area contributed by atoms with Crippen molar-refractivity contribution in [3.05, 3.63) is 0 Å². The first kappa shape index (κ1) is 15.3. The molecule has 0 unspecified atom stereocenters. The van der Waals surface area contributed by atoms with Crippen molar-refractivity contribution in [3.63, 3.8) is 0 Å². The molecule has 0 aliphatic carbocycles. The summed E-state index contributed by atoms with van der Waals surface area (Å²) in [6.07, 6.45) is 1.88. The molecule has 0 aromatic heterocycles. The molecule has 0 heterocycles. The Balaban J connectivity index is 4.20. The molecule has 1 atom stereocenters. The minimum Gasteiger partial charge on any atom is -0.350 e. The number of rotatable bonds is 4. The molecule has 0 radical (unpaired) electrons. The lowest BCUT2D eigenvalue weighted by atomic mass is 10.1. The van der Waals surface area contributed by atoms with E-state index in [9.17, 15) is 9.59 Å². The van der Waals surface area contributed by atoms with Crippen molar-refractivity contribution in [2.75, 3.05) is 19.8 Å². The minimum absolute atomic E-state index is 0.0171. The lowest BCUT2D eigenvalue weighted by Gasteiger charge is -2.24. The van der Waals surface area contributed by atoms with Gasteiger partial charge in [0, 0.05) is 12.6 Å². The van der Waals surface area contributed by atoms with Gasteiger partial charge in [0.15, 0.2) is 0 Å². The van der Waals surface area contributed by atoms with Gasteiger partial charge in [-0.15, -0.1) is 0 Å². The monoisotopic (exact) mass is 246 g/mol. The summed E-state index contributed by atoms with van der Waals surface area (Å²) in [6, 6.07) is 0. The van der Waals surface area contributed by atoms with Gasteiger partial charge in [-0.2, -0.15) is 11.8 Å². The first-order chi connectivity index (χ1) is 7.17. The average molecular weight is 246 g/mol. The van der Waals surface area contributed by atoms with E-state index in [1.807, 2.05) is 34.0 Å². The highest BCUT2D eigenvalue weighted by Gasteiger charge is 2.20. The molecule has 0 rings (SSSR count). The maximum Gasteiger partial charge on any atom is 0.240 e. The Bertz CT molecular complexity index is 261. The van der Waals surface area contributed by atoms with Crippen LogP contribution in [0.3, 0.4) is 0 Å². The summed E-state index contributed by atoms with van der Waals surface area (Å²) in [5, 5.41) is 2.72. The zero-order valence-corrected chi connectivity index (χ0v) is 11.8. The molecule has 0 aliphatic rings. The average Bonchev–Trinajstić information content (AvgIpc) is 2.12. The quantitative estimate of drug-likeness (QED) is 0.808. The molecule has 94 valence electrons. The minimum atomic E-state index is -0.258. The molecule has 2 amide bonds. The number of nitrogens with zero attached hydrogens (tertiary/aromatic N) is 1. The third kappa shape index (κ3) is 6.00. The zero-order valence-electron chi connectivity index (χ0n) is 11.0. The predicted molar refractivity (Wildman–Crippen MR) is 68.5 cm³/mol. The van der Waals surface area contributed by atoms with Crippen LogP contribution in [0.1, 0.15) is 27.7 Å². The summed E-state index contributed by atoms with van der Waals surface area (Å²) >= 11 is 1.48. The van der Waals surface area contributed by atoms with Crippen LogP contribution in [-0.4, -0.2) is 47.4 Å². The third-order valence-corrected chi connectivity index (χ3v) is 2.88. The molecule has 0 aromatic rings. The van der Waals surface area contributed by atoms with E-state index < -0.39 is 0 Å². The highest BCUT2D eigenvalue weighted by Crippen LogP contribution is 2.08. The molecule has 0 bridgehead atoms. The predicted octanol–water partition coefficient (Wildman–Crippen LogP) is 1.11. The van der Waals surface area contributed by atoms with Gasteiger partial charge in [0.25, 0.3) is 0 Å². The molecule has 0 fully saturated rings. The van der Waals surface area contributed by atoms with E-state index in [2.05, 4.69) is 5.32 Å².